The fraction of sp³-hybridized carbons (Fsp3) is 0.125. The molecule has 2 N–H and O–H groups in total. The third-order valence-corrected chi connectivity index (χ3v) is 4.65. The van der Waals surface area contributed by atoms with E-state index in [2.05, 4.69) is 35.3 Å². The maximum Gasteiger partial charge on any atom is 0.286 e. The highest BCUT2D eigenvalue weighted by molar-refractivity contribution is 8.18. The second-order valence-corrected chi connectivity index (χ2v) is 6.08. The zero-order chi connectivity index (χ0) is 13.7. The van der Waals surface area contributed by atoms with E-state index < -0.39 is 0 Å². The lowest BCUT2D eigenvalue weighted by Crippen LogP contribution is -2.01. The predicted octanol–water partition coefficient (Wildman–Crippen LogP) is 2.87. The van der Waals surface area contributed by atoms with Crippen molar-refractivity contribution < 1.29 is 4.79 Å². The second kappa shape index (κ2) is 4.21. The summed E-state index contributed by atoms with van der Waals surface area (Å²) in [5.41, 5.74) is 9.46. The first kappa shape index (κ1) is 11.7. The van der Waals surface area contributed by atoms with E-state index in [1.807, 2.05) is 6.08 Å². The largest absolute Gasteiger partial charge is 0.378 e. The number of carbonyl (C=O) groups is 1. The molecule has 2 aromatic carbocycles. The molecule has 1 heterocycles. The molecule has 0 spiro atoms. The van der Waals surface area contributed by atoms with Gasteiger partial charge in [-0.2, -0.15) is 4.99 Å². The number of carbonyl (C=O) groups excluding carboxylic acids is 1. The van der Waals surface area contributed by atoms with Gasteiger partial charge in [-0.25, -0.2) is 0 Å². The Labute approximate surface area is 120 Å². The number of hydrogen-bond donors (Lipinski definition) is 1. The van der Waals surface area contributed by atoms with Crippen LogP contribution in [-0.2, 0) is 17.6 Å². The maximum atomic E-state index is 11.7. The van der Waals surface area contributed by atoms with Gasteiger partial charge in [0.05, 0.1) is 4.91 Å². The van der Waals surface area contributed by atoms with Gasteiger partial charge >= 0.3 is 0 Å². The summed E-state index contributed by atoms with van der Waals surface area (Å²) >= 11 is 1.24. The normalized spacial score (nSPS) is 19.1. The Hall–Kier alpha value is -2.07. The van der Waals surface area contributed by atoms with E-state index >= 15 is 0 Å². The van der Waals surface area contributed by atoms with E-state index in [-0.39, 0.29) is 5.91 Å². The number of aliphatic imine (C=N–C) groups is 1. The molecule has 3 nitrogen and oxygen atoms in total. The van der Waals surface area contributed by atoms with Crippen LogP contribution in [0.15, 0.2) is 40.2 Å². The third-order valence-electron chi connectivity index (χ3n) is 3.83. The van der Waals surface area contributed by atoms with E-state index in [0.717, 1.165) is 18.4 Å². The van der Waals surface area contributed by atoms with Crippen molar-refractivity contribution in [2.45, 2.75) is 12.8 Å². The van der Waals surface area contributed by atoms with Gasteiger partial charge < -0.3 is 5.73 Å². The minimum Gasteiger partial charge on any atom is -0.378 e. The van der Waals surface area contributed by atoms with Crippen molar-refractivity contribution >= 4 is 39.7 Å². The van der Waals surface area contributed by atoms with Crippen LogP contribution in [0.5, 0.6) is 0 Å². The van der Waals surface area contributed by atoms with Crippen LogP contribution in [0.3, 0.4) is 0 Å². The first-order valence-electron chi connectivity index (χ1n) is 6.54. The lowest BCUT2D eigenvalue weighted by molar-refractivity contribution is -0.113. The Morgan fingerprint density at radius 3 is 2.70 bits per heavy atom. The fourth-order valence-corrected chi connectivity index (χ4v) is 3.63. The summed E-state index contributed by atoms with van der Waals surface area (Å²) in [6.07, 6.45) is 4.12. The van der Waals surface area contributed by atoms with Crippen LogP contribution in [0.1, 0.15) is 16.7 Å². The van der Waals surface area contributed by atoms with Gasteiger partial charge in [0.1, 0.15) is 0 Å². The first-order valence-corrected chi connectivity index (χ1v) is 7.35. The lowest BCUT2D eigenvalue weighted by atomic mass is 9.99. The molecule has 0 atom stereocenters. The van der Waals surface area contributed by atoms with Crippen molar-refractivity contribution in [3.05, 3.63) is 51.9 Å². The Kier molecular flexibility index (Phi) is 2.47. The maximum absolute atomic E-state index is 11.7. The molecule has 1 aliphatic carbocycles. The number of hydrogen-bond acceptors (Lipinski definition) is 3. The van der Waals surface area contributed by atoms with Gasteiger partial charge in [-0.15, -0.1) is 0 Å². The molecular formula is C16H12N2OS. The van der Waals surface area contributed by atoms with Crippen LogP contribution in [0.2, 0.25) is 0 Å². The van der Waals surface area contributed by atoms with E-state index in [4.69, 9.17) is 5.73 Å². The van der Waals surface area contributed by atoms with Crippen molar-refractivity contribution in [2.75, 3.05) is 0 Å². The van der Waals surface area contributed by atoms with Crippen LogP contribution in [0.25, 0.3) is 16.8 Å². The van der Waals surface area contributed by atoms with Crippen molar-refractivity contribution in [1.82, 2.24) is 0 Å². The third kappa shape index (κ3) is 1.68. The number of aryl methyl sites for hydroxylation is 2. The molecule has 0 unspecified atom stereocenters. The van der Waals surface area contributed by atoms with Gasteiger partial charge in [0, 0.05) is 0 Å². The molecule has 0 bridgehead atoms. The number of benzene rings is 2. The van der Waals surface area contributed by atoms with E-state index in [1.165, 1.54) is 33.7 Å². The standard InChI is InChI=1S/C16H12N2OS/c17-16-18-15(19)13(20-16)8-11-7-6-10-5-4-9-2-1-3-12(11)14(9)10/h1-3,6-8H,4-5H2,(H2,17,18,19)/b13-8-. The quantitative estimate of drug-likeness (QED) is 0.817. The minimum atomic E-state index is -0.240. The summed E-state index contributed by atoms with van der Waals surface area (Å²) in [6, 6.07) is 10.6. The van der Waals surface area contributed by atoms with Gasteiger partial charge in [0.15, 0.2) is 5.17 Å². The number of thioether (sulfide) groups is 1. The molecule has 0 aromatic heterocycles. The van der Waals surface area contributed by atoms with Crippen LogP contribution >= 0.6 is 11.8 Å². The van der Waals surface area contributed by atoms with Gasteiger partial charge in [-0.05, 0) is 58.1 Å². The molecule has 4 heteroatoms. The highest BCUT2D eigenvalue weighted by atomic mass is 32.2. The smallest absolute Gasteiger partial charge is 0.286 e. The average molecular weight is 280 g/mol. The molecule has 2 aliphatic rings. The molecule has 2 aromatic rings. The van der Waals surface area contributed by atoms with Gasteiger partial charge in [-0.1, -0.05) is 30.3 Å². The molecule has 0 saturated carbocycles. The Balaban J connectivity index is 1.91. The Morgan fingerprint density at radius 2 is 1.95 bits per heavy atom. The van der Waals surface area contributed by atoms with E-state index in [9.17, 15) is 4.79 Å². The van der Waals surface area contributed by atoms with Crippen LogP contribution in [-0.4, -0.2) is 11.1 Å². The molecule has 0 fully saturated rings. The fourth-order valence-electron chi connectivity index (χ4n) is 2.96. The van der Waals surface area contributed by atoms with E-state index in [1.54, 1.807) is 0 Å². The molecule has 98 valence electrons. The van der Waals surface area contributed by atoms with Crippen LogP contribution in [0.4, 0.5) is 0 Å². The van der Waals surface area contributed by atoms with E-state index in [0.29, 0.717) is 10.1 Å². The first-order chi connectivity index (χ1) is 9.72. The molecule has 4 rings (SSSR count). The predicted molar refractivity (Wildman–Crippen MR) is 83.6 cm³/mol. The molecule has 0 saturated heterocycles. The Bertz CT molecular complexity index is 810. The number of nitrogens with two attached hydrogens (primary N) is 1. The average Bonchev–Trinajstić information content (AvgIpc) is 2.98. The summed E-state index contributed by atoms with van der Waals surface area (Å²) in [5.74, 6) is -0.240. The number of amidine groups is 1. The molecule has 1 aliphatic heterocycles. The van der Waals surface area contributed by atoms with Crippen molar-refractivity contribution in [3.63, 3.8) is 0 Å². The summed E-state index contributed by atoms with van der Waals surface area (Å²) in [7, 11) is 0. The van der Waals surface area contributed by atoms with Crippen molar-refractivity contribution in [1.29, 1.82) is 0 Å². The molecule has 0 radical (unpaired) electrons. The van der Waals surface area contributed by atoms with Crippen molar-refractivity contribution in [2.24, 2.45) is 10.7 Å². The van der Waals surface area contributed by atoms with Crippen molar-refractivity contribution in [3.8, 4) is 0 Å². The molecular weight excluding hydrogens is 268 g/mol. The SMILES string of the molecule is NC1=NC(=O)/C(=C/c2ccc3c4c(cccc24)CC3)S1. The van der Waals surface area contributed by atoms with Gasteiger partial charge in [0.25, 0.3) is 5.91 Å². The second-order valence-electron chi connectivity index (χ2n) is 5.02. The monoisotopic (exact) mass is 280 g/mol. The summed E-state index contributed by atoms with van der Waals surface area (Å²) < 4.78 is 0. The highest BCUT2D eigenvalue weighted by Gasteiger charge is 2.21. The van der Waals surface area contributed by atoms with Gasteiger partial charge in [-0.3, -0.25) is 4.79 Å². The number of nitrogens with zero attached hydrogens (tertiary/aromatic N) is 1. The summed E-state index contributed by atoms with van der Waals surface area (Å²) in [5, 5.41) is 2.89. The topological polar surface area (TPSA) is 55.4 Å². The lowest BCUT2D eigenvalue weighted by Gasteiger charge is -2.06. The highest BCUT2D eigenvalue weighted by Crippen LogP contribution is 2.35. The zero-order valence-electron chi connectivity index (χ0n) is 10.7. The van der Waals surface area contributed by atoms with Crippen LogP contribution < -0.4 is 5.73 Å². The number of amides is 1. The van der Waals surface area contributed by atoms with Gasteiger partial charge in [0.2, 0.25) is 0 Å². The summed E-state index contributed by atoms with van der Waals surface area (Å²) in [6.45, 7) is 0. The van der Waals surface area contributed by atoms with Crippen LogP contribution in [0, 0.1) is 0 Å². The number of rotatable bonds is 1. The molecule has 20 heavy (non-hydrogen) atoms. The zero-order valence-corrected chi connectivity index (χ0v) is 11.5. The Morgan fingerprint density at radius 1 is 1.15 bits per heavy atom. The minimum absolute atomic E-state index is 0.240. The molecule has 1 amide bonds. The summed E-state index contributed by atoms with van der Waals surface area (Å²) in [4.78, 5) is 16.1.